The molecule has 21 heavy (non-hydrogen) atoms. The van der Waals surface area contributed by atoms with Crippen molar-refractivity contribution in [2.24, 2.45) is 0 Å². The lowest BCUT2D eigenvalue weighted by Crippen LogP contribution is -2.63. The van der Waals surface area contributed by atoms with E-state index in [0.717, 1.165) is 18.8 Å². The zero-order valence-electron chi connectivity index (χ0n) is 12.7. The van der Waals surface area contributed by atoms with Crippen LogP contribution in [0.3, 0.4) is 0 Å². The van der Waals surface area contributed by atoms with Crippen LogP contribution >= 0.6 is 0 Å². The molecule has 4 aliphatic rings. The number of benzene rings is 1. The fourth-order valence-electron chi connectivity index (χ4n) is 5.29. The van der Waals surface area contributed by atoms with Gasteiger partial charge in [-0.25, -0.2) is 0 Å². The summed E-state index contributed by atoms with van der Waals surface area (Å²) < 4.78 is 11.9. The number of hydrogen-bond acceptors (Lipinski definition) is 4. The van der Waals surface area contributed by atoms with Crippen LogP contribution in [0.2, 0.25) is 0 Å². The molecule has 0 saturated carbocycles. The SMILES string of the molecule is COc1cccc2c1[C@@H]1CO[C@@H]3[C@H]4CC[C@@H]([C@H](C2)N31)N4C. The van der Waals surface area contributed by atoms with Crippen LogP contribution < -0.4 is 4.74 Å². The summed E-state index contributed by atoms with van der Waals surface area (Å²) >= 11 is 0. The highest BCUT2D eigenvalue weighted by Gasteiger charge is 2.57. The highest BCUT2D eigenvalue weighted by molar-refractivity contribution is 5.46. The minimum absolute atomic E-state index is 0.279. The number of likely N-dealkylation sites (N-methyl/N-ethyl adjacent to an activating group) is 1. The van der Waals surface area contributed by atoms with E-state index < -0.39 is 0 Å². The number of hydrogen-bond donors (Lipinski definition) is 0. The summed E-state index contributed by atoms with van der Waals surface area (Å²) in [4.78, 5) is 5.26. The Labute approximate surface area is 125 Å². The second kappa shape index (κ2) is 4.22. The van der Waals surface area contributed by atoms with Gasteiger partial charge in [0.2, 0.25) is 0 Å². The maximum absolute atomic E-state index is 6.26. The molecule has 0 unspecified atom stereocenters. The van der Waals surface area contributed by atoms with Crippen LogP contribution in [0.15, 0.2) is 18.2 Å². The Kier molecular flexibility index (Phi) is 2.50. The summed E-state index contributed by atoms with van der Waals surface area (Å²) in [5.74, 6) is 1.03. The smallest absolute Gasteiger partial charge is 0.127 e. The molecule has 1 aromatic rings. The maximum atomic E-state index is 6.26. The molecule has 0 radical (unpaired) electrons. The molecule has 0 aromatic heterocycles. The number of rotatable bonds is 1. The molecule has 3 saturated heterocycles. The van der Waals surface area contributed by atoms with Crippen molar-refractivity contribution in [1.82, 2.24) is 9.80 Å². The monoisotopic (exact) mass is 286 g/mol. The lowest BCUT2D eigenvalue weighted by molar-refractivity contribution is -0.0976. The van der Waals surface area contributed by atoms with E-state index in [2.05, 4.69) is 35.0 Å². The van der Waals surface area contributed by atoms with Crippen molar-refractivity contribution in [1.29, 1.82) is 0 Å². The summed E-state index contributed by atoms with van der Waals surface area (Å²) in [5, 5.41) is 0. The summed E-state index contributed by atoms with van der Waals surface area (Å²) in [7, 11) is 4.07. The Morgan fingerprint density at radius 1 is 1.19 bits per heavy atom. The Hall–Kier alpha value is -1.10. The van der Waals surface area contributed by atoms with Gasteiger partial charge in [-0.3, -0.25) is 9.80 Å². The first-order chi connectivity index (χ1) is 10.3. The fraction of sp³-hybridized carbons (Fsp3) is 0.647. The summed E-state index contributed by atoms with van der Waals surface area (Å²) in [6.07, 6.45) is 4.00. The molecule has 0 aliphatic carbocycles. The van der Waals surface area contributed by atoms with Crippen molar-refractivity contribution in [3.8, 4) is 5.75 Å². The quantitative estimate of drug-likeness (QED) is 0.786. The van der Waals surface area contributed by atoms with Crippen LogP contribution in [-0.4, -0.2) is 54.9 Å². The van der Waals surface area contributed by atoms with Gasteiger partial charge in [0.1, 0.15) is 12.0 Å². The van der Waals surface area contributed by atoms with Crippen molar-refractivity contribution in [3.05, 3.63) is 29.3 Å². The first-order valence-electron chi connectivity index (χ1n) is 8.06. The van der Waals surface area contributed by atoms with Gasteiger partial charge in [-0.05, 0) is 37.9 Å². The van der Waals surface area contributed by atoms with Gasteiger partial charge in [-0.15, -0.1) is 0 Å². The summed E-state index contributed by atoms with van der Waals surface area (Å²) in [5.41, 5.74) is 2.84. The highest BCUT2D eigenvalue weighted by atomic mass is 16.5. The Balaban J connectivity index is 1.66. The Morgan fingerprint density at radius 2 is 2.05 bits per heavy atom. The number of fused-ring (bicyclic) bond motifs is 6. The zero-order valence-corrected chi connectivity index (χ0v) is 12.7. The maximum Gasteiger partial charge on any atom is 0.127 e. The lowest BCUT2D eigenvalue weighted by Gasteiger charge is -2.51. The van der Waals surface area contributed by atoms with Gasteiger partial charge >= 0.3 is 0 Å². The van der Waals surface area contributed by atoms with Gasteiger partial charge in [0, 0.05) is 23.7 Å². The van der Waals surface area contributed by atoms with Crippen molar-refractivity contribution in [2.45, 2.75) is 49.7 Å². The van der Waals surface area contributed by atoms with Gasteiger partial charge in [0.25, 0.3) is 0 Å². The van der Waals surface area contributed by atoms with Crippen LogP contribution in [0.4, 0.5) is 0 Å². The molecule has 3 fully saturated rings. The van der Waals surface area contributed by atoms with Gasteiger partial charge < -0.3 is 9.47 Å². The number of methoxy groups -OCH3 is 1. The molecule has 0 amide bonds. The molecule has 0 N–H and O–H groups in total. The number of piperazine rings is 1. The Morgan fingerprint density at radius 3 is 2.90 bits per heavy atom. The van der Waals surface area contributed by atoms with Crippen LogP contribution in [0.25, 0.3) is 0 Å². The number of ether oxygens (including phenoxy) is 2. The van der Waals surface area contributed by atoms with Gasteiger partial charge in [-0.2, -0.15) is 0 Å². The van der Waals surface area contributed by atoms with Crippen LogP contribution in [0.1, 0.15) is 30.0 Å². The van der Waals surface area contributed by atoms with E-state index >= 15 is 0 Å². The van der Waals surface area contributed by atoms with E-state index in [9.17, 15) is 0 Å². The molecule has 5 rings (SSSR count). The van der Waals surface area contributed by atoms with E-state index in [4.69, 9.17) is 9.47 Å². The molecular formula is C17H22N2O2. The van der Waals surface area contributed by atoms with E-state index in [1.54, 1.807) is 7.11 Å². The number of nitrogens with zero attached hydrogens (tertiary/aromatic N) is 2. The summed E-state index contributed by atoms with van der Waals surface area (Å²) in [6.45, 7) is 0.811. The molecular weight excluding hydrogens is 264 g/mol. The van der Waals surface area contributed by atoms with E-state index in [1.807, 2.05) is 0 Å². The fourth-order valence-corrected chi connectivity index (χ4v) is 5.29. The normalized spacial score (nSPS) is 41.0. The Bertz CT molecular complexity index is 590. The molecule has 1 aromatic carbocycles. The average molecular weight is 286 g/mol. The highest BCUT2D eigenvalue weighted by Crippen LogP contribution is 2.51. The van der Waals surface area contributed by atoms with E-state index in [-0.39, 0.29) is 6.23 Å². The molecule has 112 valence electrons. The van der Waals surface area contributed by atoms with Gasteiger partial charge in [0.15, 0.2) is 0 Å². The molecule has 2 bridgehead atoms. The predicted octanol–water partition coefficient (Wildman–Crippen LogP) is 1.80. The van der Waals surface area contributed by atoms with Crippen molar-refractivity contribution in [2.75, 3.05) is 20.8 Å². The van der Waals surface area contributed by atoms with Crippen LogP contribution in [0.5, 0.6) is 5.75 Å². The van der Waals surface area contributed by atoms with Crippen molar-refractivity contribution >= 4 is 0 Å². The third-order valence-corrected chi connectivity index (χ3v) is 6.18. The van der Waals surface area contributed by atoms with Crippen molar-refractivity contribution < 1.29 is 9.47 Å². The molecule has 4 aliphatic heterocycles. The summed E-state index contributed by atoms with van der Waals surface area (Å²) in [6, 6.07) is 8.76. The van der Waals surface area contributed by atoms with Gasteiger partial charge in [-0.1, -0.05) is 12.1 Å². The third kappa shape index (κ3) is 1.46. The molecule has 4 nitrogen and oxygen atoms in total. The first kappa shape index (κ1) is 12.4. The zero-order chi connectivity index (χ0) is 14.1. The molecule has 4 heterocycles. The van der Waals surface area contributed by atoms with Crippen molar-refractivity contribution in [3.63, 3.8) is 0 Å². The minimum atomic E-state index is 0.279. The first-order valence-corrected chi connectivity index (χ1v) is 8.06. The molecule has 0 spiro atoms. The average Bonchev–Trinajstić information content (AvgIpc) is 3.05. The standard InChI is InChI=1S/C17H22N2O2/c1-18-11-6-7-12(18)17-19-13(11)8-10-4-3-5-15(20-2)16(10)14(19)9-21-17/h3-5,11-14,17H,6-9H2,1-2H3/t11-,12+,13-,14-,17+/m0/s1. The third-order valence-electron chi connectivity index (χ3n) is 6.18. The largest absolute Gasteiger partial charge is 0.496 e. The predicted molar refractivity (Wildman–Crippen MR) is 79.4 cm³/mol. The van der Waals surface area contributed by atoms with Crippen LogP contribution in [0, 0.1) is 0 Å². The van der Waals surface area contributed by atoms with Crippen LogP contribution in [-0.2, 0) is 11.2 Å². The van der Waals surface area contributed by atoms with E-state index in [0.29, 0.717) is 24.2 Å². The molecule has 4 heteroatoms. The lowest BCUT2D eigenvalue weighted by atomic mass is 9.84. The second-order valence-corrected chi connectivity index (χ2v) is 6.87. The topological polar surface area (TPSA) is 24.9 Å². The molecule has 5 atom stereocenters. The second-order valence-electron chi connectivity index (χ2n) is 6.87. The minimum Gasteiger partial charge on any atom is -0.496 e. The van der Waals surface area contributed by atoms with Gasteiger partial charge in [0.05, 0.1) is 19.8 Å². The van der Waals surface area contributed by atoms with E-state index in [1.165, 1.54) is 24.0 Å².